The van der Waals surface area contributed by atoms with Gasteiger partial charge in [-0.05, 0) is 31.4 Å². The monoisotopic (exact) mass is 371 g/mol. The zero-order valence-corrected chi connectivity index (χ0v) is 16.4. The van der Waals surface area contributed by atoms with E-state index in [9.17, 15) is 9.59 Å². The van der Waals surface area contributed by atoms with Gasteiger partial charge in [-0.15, -0.1) is 0 Å². The molecular formula is C20H29N5O2. The first-order valence-electron chi connectivity index (χ1n) is 9.77. The van der Waals surface area contributed by atoms with Crippen LogP contribution in [-0.4, -0.2) is 58.3 Å². The number of nitrogens with zero attached hydrogens (tertiary/aromatic N) is 4. The number of fused-ring (bicyclic) bond motifs is 1. The second-order valence-electron chi connectivity index (χ2n) is 7.27. The van der Waals surface area contributed by atoms with Crippen molar-refractivity contribution >= 4 is 17.5 Å². The van der Waals surface area contributed by atoms with Gasteiger partial charge >= 0.3 is 6.03 Å². The van der Waals surface area contributed by atoms with Crippen molar-refractivity contribution in [2.45, 2.75) is 45.1 Å². The number of urea groups is 1. The summed E-state index contributed by atoms with van der Waals surface area (Å²) in [5, 5.41) is 2.98. The first-order chi connectivity index (χ1) is 13.0. The predicted molar refractivity (Wildman–Crippen MR) is 105 cm³/mol. The summed E-state index contributed by atoms with van der Waals surface area (Å²) in [6, 6.07) is 5.61. The second kappa shape index (κ2) is 8.41. The number of rotatable bonds is 6. The van der Waals surface area contributed by atoms with Crippen molar-refractivity contribution in [1.82, 2.24) is 24.5 Å². The molecule has 146 valence electrons. The lowest BCUT2D eigenvalue weighted by Crippen LogP contribution is -2.39. The quantitative estimate of drug-likeness (QED) is 0.794. The summed E-state index contributed by atoms with van der Waals surface area (Å²) in [7, 11) is 3.52. The summed E-state index contributed by atoms with van der Waals surface area (Å²) >= 11 is 0. The smallest absolute Gasteiger partial charge is 0.320 e. The largest absolute Gasteiger partial charge is 0.351 e. The maximum Gasteiger partial charge on any atom is 0.320 e. The number of amides is 3. The fraction of sp³-hybridized carbons (Fsp3) is 0.550. The molecule has 27 heavy (non-hydrogen) atoms. The molecule has 7 heteroatoms. The Balaban J connectivity index is 1.90. The van der Waals surface area contributed by atoms with Crippen molar-refractivity contribution in [3.05, 3.63) is 35.9 Å². The minimum Gasteiger partial charge on any atom is -0.351 e. The number of pyridine rings is 1. The topological polar surface area (TPSA) is 70.0 Å². The van der Waals surface area contributed by atoms with E-state index >= 15 is 0 Å². The van der Waals surface area contributed by atoms with Crippen LogP contribution in [0.3, 0.4) is 0 Å². The lowest BCUT2D eigenvalue weighted by molar-refractivity contribution is 0.0950. The van der Waals surface area contributed by atoms with Crippen molar-refractivity contribution in [2.75, 3.05) is 27.2 Å². The number of hydrogen-bond acceptors (Lipinski definition) is 3. The molecular weight excluding hydrogens is 342 g/mol. The van der Waals surface area contributed by atoms with Gasteiger partial charge in [0.2, 0.25) is 0 Å². The Hall–Kier alpha value is -2.57. The van der Waals surface area contributed by atoms with Crippen LogP contribution in [0, 0.1) is 0 Å². The second-order valence-corrected chi connectivity index (χ2v) is 7.27. The SMILES string of the molecule is CCCCCNC(=O)c1nc([C@@H]2CCCN2C(=O)N(C)C)n2ccccc12. The van der Waals surface area contributed by atoms with Crippen molar-refractivity contribution in [2.24, 2.45) is 0 Å². The number of unbranched alkanes of at least 4 members (excludes halogenated alkanes) is 2. The molecule has 0 aliphatic carbocycles. The first kappa shape index (κ1) is 19.2. The van der Waals surface area contributed by atoms with E-state index in [1.807, 2.05) is 33.7 Å². The lowest BCUT2D eigenvalue weighted by atomic mass is 10.2. The number of imidazole rings is 1. The zero-order chi connectivity index (χ0) is 19.4. The highest BCUT2D eigenvalue weighted by molar-refractivity contribution is 5.99. The summed E-state index contributed by atoms with van der Waals surface area (Å²) in [6.45, 7) is 3.50. The predicted octanol–water partition coefficient (Wildman–Crippen LogP) is 3.07. The van der Waals surface area contributed by atoms with Gasteiger partial charge in [-0.2, -0.15) is 0 Å². The van der Waals surface area contributed by atoms with Crippen LogP contribution >= 0.6 is 0 Å². The van der Waals surface area contributed by atoms with Crippen LogP contribution in [0.2, 0.25) is 0 Å². The highest BCUT2D eigenvalue weighted by Gasteiger charge is 2.34. The lowest BCUT2D eigenvalue weighted by Gasteiger charge is -2.27. The fourth-order valence-electron chi connectivity index (χ4n) is 3.65. The Morgan fingerprint density at radius 3 is 2.85 bits per heavy atom. The van der Waals surface area contributed by atoms with Gasteiger partial charge in [0.15, 0.2) is 5.69 Å². The van der Waals surface area contributed by atoms with Crippen molar-refractivity contribution < 1.29 is 9.59 Å². The molecule has 1 N–H and O–H groups in total. The number of carbonyl (C=O) groups excluding carboxylic acids is 2. The maximum atomic E-state index is 12.7. The molecule has 2 aromatic heterocycles. The Bertz CT molecular complexity index is 814. The molecule has 0 aromatic carbocycles. The molecule has 2 aromatic rings. The standard InChI is InChI=1S/C20H29N5O2/c1-4-5-7-12-21-19(26)17-15-10-6-8-13-24(15)18(22-17)16-11-9-14-25(16)20(27)23(2)3/h6,8,10,13,16H,4-5,7,9,11-12,14H2,1-3H3,(H,21,26)/t16-/m0/s1. The van der Waals surface area contributed by atoms with Crippen molar-refractivity contribution in [3.8, 4) is 0 Å². The van der Waals surface area contributed by atoms with Crippen molar-refractivity contribution in [3.63, 3.8) is 0 Å². The Morgan fingerprint density at radius 1 is 1.30 bits per heavy atom. The summed E-state index contributed by atoms with van der Waals surface area (Å²) in [6.07, 6.45) is 6.89. The van der Waals surface area contributed by atoms with E-state index in [-0.39, 0.29) is 18.0 Å². The summed E-state index contributed by atoms with van der Waals surface area (Å²) in [5.41, 5.74) is 1.22. The molecule has 1 aliphatic rings. The number of aromatic nitrogens is 2. The van der Waals surface area contributed by atoms with Crippen molar-refractivity contribution in [1.29, 1.82) is 0 Å². The molecule has 3 amide bonds. The van der Waals surface area contributed by atoms with E-state index in [4.69, 9.17) is 4.98 Å². The minimum atomic E-state index is -0.149. The first-order valence-corrected chi connectivity index (χ1v) is 9.77. The van der Waals surface area contributed by atoms with Crippen LogP contribution in [-0.2, 0) is 0 Å². The summed E-state index contributed by atoms with van der Waals surface area (Å²) in [5.74, 6) is 0.613. The average molecular weight is 371 g/mol. The van der Waals surface area contributed by atoms with Gasteiger partial charge in [0.25, 0.3) is 5.91 Å². The highest BCUT2D eigenvalue weighted by atomic mass is 16.2. The molecule has 3 heterocycles. The molecule has 3 rings (SSSR count). The zero-order valence-electron chi connectivity index (χ0n) is 16.4. The van der Waals surface area contributed by atoms with Gasteiger partial charge in [-0.1, -0.05) is 25.8 Å². The normalized spacial score (nSPS) is 16.7. The number of carbonyl (C=O) groups is 2. The molecule has 1 saturated heterocycles. The van der Waals surface area contributed by atoms with Crippen LogP contribution in [0.1, 0.15) is 61.4 Å². The summed E-state index contributed by atoms with van der Waals surface area (Å²) < 4.78 is 1.95. The molecule has 0 bridgehead atoms. The third-order valence-corrected chi connectivity index (χ3v) is 5.04. The van der Waals surface area contributed by atoms with E-state index in [0.717, 1.165) is 43.4 Å². The molecule has 0 saturated carbocycles. The molecule has 0 radical (unpaired) electrons. The van der Waals surface area contributed by atoms with E-state index in [1.54, 1.807) is 19.0 Å². The maximum absolute atomic E-state index is 12.7. The molecule has 0 unspecified atom stereocenters. The van der Waals surface area contributed by atoms with E-state index in [0.29, 0.717) is 18.8 Å². The van der Waals surface area contributed by atoms with Crippen LogP contribution < -0.4 is 5.32 Å². The average Bonchev–Trinajstić information content (AvgIpc) is 3.28. The molecule has 0 spiro atoms. The van der Waals surface area contributed by atoms with Gasteiger partial charge in [0, 0.05) is 33.4 Å². The third kappa shape index (κ3) is 3.91. The van der Waals surface area contributed by atoms with E-state index in [1.165, 1.54) is 0 Å². The minimum absolute atomic E-state index is 0.0178. The molecule has 7 nitrogen and oxygen atoms in total. The van der Waals surface area contributed by atoms with Gasteiger partial charge < -0.3 is 19.5 Å². The van der Waals surface area contributed by atoms with Crippen LogP contribution in [0.5, 0.6) is 0 Å². The van der Waals surface area contributed by atoms with Gasteiger partial charge in [-0.25, -0.2) is 9.78 Å². The third-order valence-electron chi connectivity index (χ3n) is 5.04. The molecule has 1 fully saturated rings. The number of likely N-dealkylation sites (tertiary alicyclic amines) is 1. The summed E-state index contributed by atoms with van der Waals surface area (Å²) in [4.78, 5) is 33.4. The highest BCUT2D eigenvalue weighted by Crippen LogP contribution is 2.33. The molecule has 1 aliphatic heterocycles. The number of nitrogens with one attached hydrogen (secondary N) is 1. The Labute approximate surface area is 160 Å². The Kier molecular flexibility index (Phi) is 5.98. The van der Waals surface area contributed by atoms with Crippen LogP contribution in [0.15, 0.2) is 24.4 Å². The number of hydrogen-bond donors (Lipinski definition) is 1. The van der Waals surface area contributed by atoms with E-state index < -0.39 is 0 Å². The fourth-order valence-corrected chi connectivity index (χ4v) is 3.65. The van der Waals surface area contributed by atoms with Gasteiger partial charge in [0.05, 0.1) is 11.6 Å². The van der Waals surface area contributed by atoms with Crippen LogP contribution in [0.4, 0.5) is 4.79 Å². The molecule has 1 atom stereocenters. The van der Waals surface area contributed by atoms with Crippen LogP contribution in [0.25, 0.3) is 5.52 Å². The van der Waals surface area contributed by atoms with Gasteiger partial charge in [0.1, 0.15) is 5.82 Å². The Morgan fingerprint density at radius 2 is 2.11 bits per heavy atom. The van der Waals surface area contributed by atoms with Gasteiger partial charge in [-0.3, -0.25) is 4.79 Å². The van der Waals surface area contributed by atoms with E-state index in [2.05, 4.69) is 12.2 Å².